The average molecular weight is 866 g/mol. The van der Waals surface area contributed by atoms with E-state index in [4.69, 9.17) is 15.0 Å². The van der Waals surface area contributed by atoms with E-state index in [9.17, 15) is 0 Å². The molecule has 68 heavy (non-hydrogen) atoms. The molecule has 14 aromatic rings. The van der Waals surface area contributed by atoms with Gasteiger partial charge in [0.2, 0.25) is 0 Å². The van der Waals surface area contributed by atoms with Crippen molar-refractivity contribution < 1.29 is 0 Å². The second-order valence-electron chi connectivity index (χ2n) is 17.5. The van der Waals surface area contributed by atoms with Crippen molar-refractivity contribution in [3.63, 3.8) is 0 Å². The highest BCUT2D eigenvalue weighted by atomic mass is 15.0. The van der Waals surface area contributed by atoms with Crippen molar-refractivity contribution in [2.24, 2.45) is 0 Å². The van der Waals surface area contributed by atoms with Gasteiger partial charge < -0.3 is 9.13 Å². The van der Waals surface area contributed by atoms with Crippen molar-refractivity contribution in [2.45, 2.75) is 0 Å². The van der Waals surface area contributed by atoms with Crippen molar-refractivity contribution in [1.29, 1.82) is 0 Å². The van der Waals surface area contributed by atoms with Gasteiger partial charge in [-0.2, -0.15) is 0 Å². The van der Waals surface area contributed by atoms with Gasteiger partial charge in [0.15, 0.2) is 17.5 Å². The molecular formula is C63H39N5. The van der Waals surface area contributed by atoms with Gasteiger partial charge in [0.25, 0.3) is 0 Å². The van der Waals surface area contributed by atoms with E-state index in [2.05, 4.69) is 209 Å². The van der Waals surface area contributed by atoms with Crippen LogP contribution in [0.1, 0.15) is 0 Å². The fourth-order valence-electron chi connectivity index (χ4n) is 10.8. The smallest absolute Gasteiger partial charge is 0.164 e. The van der Waals surface area contributed by atoms with E-state index in [1.54, 1.807) is 0 Å². The maximum absolute atomic E-state index is 5.24. The summed E-state index contributed by atoms with van der Waals surface area (Å²) in [6.45, 7) is 0. The molecule has 0 unspecified atom stereocenters. The summed E-state index contributed by atoms with van der Waals surface area (Å²) < 4.78 is 4.84. The summed E-state index contributed by atoms with van der Waals surface area (Å²) in [6, 6.07) is 84.7. The molecule has 0 bridgehead atoms. The SMILES string of the molecule is c1ccc(-c2nc(-c3ccccc3)nc(-c3cccc4c3c3ccccc3c3cccc(-n5c6ccccc6c6cc(-c7ccc8c(c7)c7ccccc7n8-c7ccccc7)ccc65)c34)n2)cc1. The molecule has 5 heteroatoms. The standard InChI is InChI=1S/C63H39N5/c1-4-18-40(19-5-1)61-64-62(41-20-6-2-7-21-41)66-63(65-61)51-30-16-29-50-59(51)48-27-11-10-24-45(48)49-28-17-33-58(60(49)50)68-55-32-15-13-26-47(55)53-39-43(35-37-57(53)68)42-34-36-56-52(38-42)46-25-12-14-31-54(46)67(56)44-22-8-3-9-23-44/h1-39H. The Kier molecular flexibility index (Phi) is 8.52. The van der Waals surface area contributed by atoms with Gasteiger partial charge in [-0.25, -0.2) is 15.0 Å². The first-order valence-electron chi connectivity index (χ1n) is 23.1. The van der Waals surface area contributed by atoms with Crippen molar-refractivity contribution in [2.75, 3.05) is 0 Å². The predicted molar refractivity (Wildman–Crippen MR) is 283 cm³/mol. The fourth-order valence-corrected chi connectivity index (χ4v) is 10.8. The molecule has 0 radical (unpaired) electrons. The molecule has 0 aliphatic rings. The summed E-state index contributed by atoms with van der Waals surface area (Å²) >= 11 is 0. The zero-order valence-electron chi connectivity index (χ0n) is 36.8. The summed E-state index contributed by atoms with van der Waals surface area (Å²) in [4.78, 5) is 15.5. The maximum Gasteiger partial charge on any atom is 0.164 e. The summed E-state index contributed by atoms with van der Waals surface area (Å²) in [6.07, 6.45) is 0. The molecule has 0 saturated carbocycles. The molecule has 3 heterocycles. The van der Waals surface area contributed by atoms with Crippen LogP contribution in [0.2, 0.25) is 0 Å². The number of hydrogen-bond acceptors (Lipinski definition) is 3. The van der Waals surface area contributed by atoms with E-state index >= 15 is 0 Å². The fraction of sp³-hybridized carbons (Fsp3) is 0. The molecule has 0 saturated heterocycles. The van der Waals surface area contributed by atoms with Crippen molar-refractivity contribution in [3.8, 4) is 56.7 Å². The summed E-state index contributed by atoms with van der Waals surface area (Å²) in [7, 11) is 0. The number of para-hydroxylation sites is 3. The van der Waals surface area contributed by atoms with Crippen LogP contribution in [0.3, 0.4) is 0 Å². The highest BCUT2D eigenvalue weighted by molar-refractivity contribution is 6.30. The largest absolute Gasteiger partial charge is 0.309 e. The highest BCUT2D eigenvalue weighted by Gasteiger charge is 2.22. The first kappa shape index (κ1) is 38.1. The summed E-state index contributed by atoms with van der Waals surface area (Å²) in [5, 5.41) is 11.9. The number of benzene rings is 11. The molecule has 0 fully saturated rings. The van der Waals surface area contributed by atoms with Crippen molar-refractivity contribution >= 4 is 75.9 Å². The van der Waals surface area contributed by atoms with Crippen LogP contribution in [0.25, 0.3) is 133 Å². The lowest BCUT2D eigenvalue weighted by molar-refractivity contribution is 1.08. The second-order valence-corrected chi connectivity index (χ2v) is 17.5. The number of aromatic nitrogens is 5. The van der Waals surface area contributed by atoms with Crippen LogP contribution < -0.4 is 0 Å². The van der Waals surface area contributed by atoms with Gasteiger partial charge in [0.1, 0.15) is 0 Å². The van der Waals surface area contributed by atoms with Crippen LogP contribution >= 0.6 is 0 Å². The summed E-state index contributed by atoms with van der Waals surface area (Å²) in [5.74, 6) is 1.92. The van der Waals surface area contributed by atoms with E-state index in [0.29, 0.717) is 17.5 Å². The minimum Gasteiger partial charge on any atom is -0.309 e. The van der Waals surface area contributed by atoms with Crippen LogP contribution in [0.15, 0.2) is 237 Å². The van der Waals surface area contributed by atoms with Gasteiger partial charge in [-0.3, -0.25) is 0 Å². The highest BCUT2D eigenvalue weighted by Crippen LogP contribution is 2.45. The van der Waals surface area contributed by atoms with Gasteiger partial charge >= 0.3 is 0 Å². The van der Waals surface area contributed by atoms with Gasteiger partial charge in [-0.05, 0) is 87.3 Å². The Balaban J connectivity index is 0.998. The van der Waals surface area contributed by atoms with Crippen LogP contribution in [0.5, 0.6) is 0 Å². The molecule has 0 aliphatic heterocycles. The zero-order chi connectivity index (χ0) is 44.7. The summed E-state index contributed by atoms with van der Waals surface area (Å²) in [5.41, 5.74) is 12.2. The Morgan fingerprint density at radius 2 is 0.691 bits per heavy atom. The molecule has 0 aliphatic carbocycles. The number of hydrogen-bond donors (Lipinski definition) is 0. The second kappa shape index (κ2) is 15.2. The Morgan fingerprint density at radius 1 is 0.250 bits per heavy atom. The van der Waals surface area contributed by atoms with Crippen LogP contribution in [-0.4, -0.2) is 24.1 Å². The predicted octanol–water partition coefficient (Wildman–Crippen LogP) is 16.2. The number of rotatable bonds is 6. The lowest BCUT2D eigenvalue weighted by Crippen LogP contribution is -2.01. The molecule has 0 spiro atoms. The Morgan fingerprint density at radius 3 is 1.32 bits per heavy atom. The van der Waals surface area contributed by atoms with Gasteiger partial charge in [-0.15, -0.1) is 0 Å². The number of nitrogens with zero attached hydrogens (tertiary/aromatic N) is 5. The normalized spacial score (nSPS) is 11.8. The van der Waals surface area contributed by atoms with Crippen LogP contribution in [-0.2, 0) is 0 Å². The quantitative estimate of drug-likeness (QED) is 0.156. The molecule has 3 aromatic heterocycles. The van der Waals surface area contributed by atoms with Gasteiger partial charge in [0.05, 0.1) is 27.8 Å². The molecular weight excluding hydrogens is 827 g/mol. The molecule has 316 valence electrons. The third kappa shape index (κ3) is 5.86. The Bertz CT molecular complexity index is 4250. The Labute approximate surface area is 391 Å². The topological polar surface area (TPSA) is 48.5 Å². The number of fused-ring (bicyclic) bond motifs is 12. The lowest BCUT2D eigenvalue weighted by Gasteiger charge is -2.18. The molecule has 11 aromatic carbocycles. The molecule has 0 atom stereocenters. The van der Waals surface area contributed by atoms with Crippen LogP contribution in [0, 0.1) is 0 Å². The van der Waals surface area contributed by atoms with Crippen molar-refractivity contribution in [3.05, 3.63) is 237 Å². The van der Waals surface area contributed by atoms with E-state index in [1.807, 2.05) is 36.4 Å². The molecule has 0 amide bonds. The molecule has 14 rings (SSSR count). The first-order valence-corrected chi connectivity index (χ1v) is 23.1. The van der Waals surface area contributed by atoms with Crippen molar-refractivity contribution in [1.82, 2.24) is 24.1 Å². The monoisotopic (exact) mass is 865 g/mol. The van der Waals surface area contributed by atoms with E-state index in [1.165, 1.54) is 59.9 Å². The third-order valence-corrected chi connectivity index (χ3v) is 13.7. The maximum atomic E-state index is 5.24. The minimum atomic E-state index is 0.637. The molecule has 0 N–H and O–H groups in total. The molecule has 5 nitrogen and oxygen atoms in total. The van der Waals surface area contributed by atoms with E-state index in [-0.39, 0.29) is 0 Å². The Hall–Kier alpha value is -9.19. The minimum absolute atomic E-state index is 0.637. The van der Waals surface area contributed by atoms with Gasteiger partial charge in [-0.1, -0.05) is 182 Å². The van der Waals surface area contributed by atoms with Gasteiger partial charge in [0, 0.05) is 54.7 Å². The van der Waals surface area contributed by atoms with E-state index in [0.717, 1.165) is 55.3 Å². The average Bonchev–Trinajstić information content (AvgIpc) is 3.93. The zero-order valence-corrected chi connectivity index (χ0v) is 36.8. The third-order valence-electron chi connectivity index (χ3n) is 13.7. The van der Waals surface area contributed by atoms with E-state index < -0.39 is 0 Å². The first-order chi connectivity index (χ1) is 33.7. The lowest BCUT2D eigenvalue weighted by atomic mass is 9.90. The van der Waals surface area contributed by atoms with Crippen LogP contribution in [0.4, 0.5) is 0 Å².